The number of carboxylic acid groups (broad SMARTS) is 1. The lowest BCUT2D eigenvalue weighted by atomic mass is 9.87. The number of hydrogen-bond acceptors (Lipinski definition) is 5. The monoisotopic (exact) mass is 591 g/mol. The third kappa shape index (κ3) is 5.31. The fourth-order valence-corrected chi connectivity index (χ4v) is 7.46. The second kappa shape index (κ2) is 10.9. The molecule has 0 amide bonds. The number of aryl methyl sites for hydroxylation is 2. The first-order chi connectivity index (χ1) is 20.0. The fourth-order valence-electron chi connectivity index (χ4n) is 6.69. The number of benzene rings is 3. The minimum absolute atomic E-state index is 0.0103. The topological polar surface area (TPSA) is 93.1 Å². The molecule has 3 aromatic rings. The summed E-state index contributed by atoms with van der Waals surface area (Å²) in [7, 11) is -3.21. The molecule has 2 atom stereocenters. The van der Waals surface area contributed by atoms with Crippen LogP contribution < -0.4 is 9.47 Å². The van der Waals surface area contributed by atoms with Crippen LogP contribution in [0.3, 0.4) is 0 Å². The van der Waals surface area contributed by atoms with Crippen molar-refractivity contribution in [3.8, 4) is 22.6 Å². The van der Waals surface area contributed by atoms with Gasteiger partial charge in [0.1, 0.15) is 23.4 Å². The maximum atomic E-state index is 15.3. The zero-order chi connectivity index (χ0) is 29.8. The molecule has 0 spiro atoms. The summed E-state index contributed by atoms with van der Waals surface area (Å²) in [6.45, 7) is 5.30. The van der Waals surface area contributed by atoms with Crippen LogP contribution >= 0.6 is 0 Å². The van der Waals surface area contributed by atoms with Crippen molar-refractivity contribution in [3.63, 3.8) is 0 Å². The van der Waals surface area contributed by atoms with Gasteiger partial charge in [0, 0.05) is 36.2 Å². The number of ether oxygens (including phenoxy) is 2. The lowest BCUT2D eigenvalue weighted by molar-refractivity contribution is -0.137. The van der Waals surface area contributed by atoms with Crippen LogP contribution in [0.2, 0.25) is 0 Å². The van der Waals surface area contributed by atoms with E-state index in [0.717, 1.165) is 44.5 Å². The lowest BCUT2D eigenvalue weighted by Crippen LogP contribution is -2.33. The third-order valence-electron chi connectivity index (χ3n) is 8.66. The summed E-state index contributed by atoms with van der Waals surface area (Å²) in [4.78, 5) is 11.2. The average Bonchev–Trinajstić information content (AvgIpc) is 3.53. The molecule has 0 fully saturated rings. The first kappa shape index (κ1) is 28.4. The Morgan fingerprint density at radius 2 is 1.88 bits per heavy atom. The van der Waals surface area contributed by atoms with Gasteiger partial charge in [0.15, 0.2) is 0 Å². The van der Waals surface area contributed by atoms with Gasteiger partial charge in [-0.1, -0.05) is 30.3 Å². The Hall–Kier alpha value is -3.69. The molecular weight excluding hydrogens is 557 g/mol. The number of halogens is 1. The van der Waals surface area contributed by atoms with E-state index >= 15 is 4.39 Å². The summed E-state index contributed by atoms with van der Waals surface area (Å²) in [5, 5.41) is 9.17. The molecule has 0 radical (unpaired) electrons. The van der Waals surface area contributed by atoms with Crippen molar-refractivity contribution < 1.29 is 32.2 Å². The van der Waals surface area contributed by atoms with Crippen LogP contribution in [0.1, 0.15) is 64.7 Å². The van der Waals surface area contributed by atoms with Crippen LogP contribution in [0.15, 0.2) is 48.5 Å². The van der Waals surface area contributed by atoms with Gasteiger partial charge in [0.2, 0.25) is 10.0 Å². The molecule has 9 heteroatoms. The molecule has 42 heavy (non-hydrogen) atoms. The van der Waals surface area contributed by atoms with Gasteiger partial charge in [-0.25, -0.2) is 12.8 Å². The highest BCUT2D eigenvalue weighted by Gasteiger charge is 2.32. The molecule has 7 nitrogen and oxygen atoms in total. The summed E-state index contributed by atoms with van der Waals surface area (Å²) in [5.74, 6) is -0.148. The van der Waals surface area contributed by atoms with E-state index in [0.29, 0.717) is 56.0 Å². The summed E-state index contributed by atoms with van der Waals surface area (Å²) < 4.78 is 52.7. The molecule has 220 valence electrons. The highest BCUT2D eigenvalue weighted by atomic mass is 32.2. The molecule has 0 unspecified atom stereocenters. The quantitative estimate of drug-likeness (QED) is 0.353. The predicted octanol–water partition coefficient (Wildman–Crippen LogP) is 6.18. The Morgan fingerprint density at radius 3 is 2.55 bits per heavy atom. The van der Waals surface area contributed by atoms with E-state index in [2.05, 4.69) is 26.0 Å². The largest absolute Gasteiger partial charge is 0.492 e. The van der Waals surface area contributed by atoms with Gasteiger partial charge < -0.3 is 14.6 Å². The van der Waals surface area contributed by atoms with Crippen molar-refractivity contribution in [2.24, 2.45) is 0 Å². The van der Waals surface area contributed by atoms with Gasteiger partial charge in [-0.2, -0.15) is 4.31 Å². The summed E-state index contributed by atoms with van der Waals surface area (Å²) >= 11 is 0. The second-order valence-electron chi connectivity index (χ2n) is 11.5. The average molecular weight is 592 g/mol. The molecule has 0 aromatic heterocycles. The molecule has 2 aliphatic heterocycles. The molecule has 0 saturated heterocycles. The number of fused-ring (bicyclic) bond motifs is 2. The SMILES string of the molecule is Cc1cc(C2=CCN(S(C)(=O)=O)CC2)cc(C)c1-c1ccc(F)c2c1CC[C@H]2Oc1ccc2c(c1)OC[C@H]2CC(=O)O. The lowest BCUT2D eigenvalue weighted by Gasteiger charge is -2.25. The second-order valence-corrected chi connectivity index (χ2v) is 13.5. The molecule has 1 aliphatic carbocycles. The summed E-state index contributed by atoms with van der Waals surface area (Å²) in [6.07, 6.45) is 4.78. The van der Waals surface area contributed by atoms with Gasteiger partial charge >= 0.3 is 5.97 Å². The van der Waals surface area contributed by atoms with Crippen LogP contribution in [0.4, 0.5) is 4.39 Å². The molecule has 3 aliphatic rings. The smallest absolute Gasteiger partial charge is 0.304 e. The maximum absolute atomic E-state index is 15.3. The molecule has 2 heterocycles. The Morgan fingerprint density at radius 1 is 1.12 bits per heavy atom. The van der Waals surface area contributed by atoms with Crippen LogP contribution in [0.25, 0.3) is 16.7 Å². The van der Waals surface area contributed by atoms with E-state index in [-0.39, 0.29) is 18.2 Å². The van der Waals surface area contributed by atoms with Gasteiger partial charge in [-0.3, -0.25) is 4.79 Å². The van der Waals surface area contributed by atoms with Crippen LogP contribution in [-0.4, -0.2) is 49.8 Å². The van der Waals surface area contributed by atoms with Crippen molar-refractivity contribution >= 4 is 21.6 Å². The molecule has 0 bridgehead atoms. The maximum Gasteiger partial charge on any atom is 0.304 e. The number of carboxylic acids is 1. The molecule has 6 rings (SSSR count). The Labute approximate surface area is 245 Å². The fraction of sp³-hybridized carbons (Fsp3) is 0.364. The first-order valence-electron chi connectivity index (χ1n) is 14.2. The van der Waals surface area contributed by atoms with Crippen molar-refractivity contribution in [1.82, 2.24) is 4.31 Å². The predicted molar refractivity (Wildman–Crippen MR) is 159 cm³/mol. The zero-order valence-electron chi connectivity index (χ0n) is 23.9. The van der Waals surface area contributed by atoms with Gasteiger partial charge in [0.25, 0.3) is 0 Å². The number of aliphatic carboxylic acids is 1. The van der Waals surface area contributed by atoms with E-state index < -0.39 is 22.1 Å². The molecule has 0 saturated carbocycles. The van der Waals surface area contributed by atoms with Gasteiger partial charge in [0.05, 0.1) is 19.3 Å². The van der Waals surface area contributed by atoms with Gasteiger partial charge in [-0.05, 0) is 84.2 Å². The minimum atomic E-state index is -3.21. The van der Waals surface area contributed by atoms with Crippen molar-refractivity contribution in [2.45, 2.75) is 51.6 Å². The number of hydrogen-bond donors (Lipinski definition) is 1. The number of sulfonamides is 1. The minimum Gasteiger partial charge on any atom is -0.492 e. The van der Waals surface area contributed by atoms with E-state index in [4.69, 9.17) is 14.6 Å². The Bertz CT molecular complexity index is 1710. The van der Waals surface area contributed by atoms with Crippen LogP contribution in [-0.2, 0) is 21.2 Å². The standard InChI is InChI=1S/C33H34FNO6S/c1-19-14-22(21-10-12-35(13-11-21)42(3,38)39)15-20(2)32(19)26-6-8-28(34)33-27(26)7-9-29(33)41-24-4-5-25-23(16-31(36)37)18-40-30(25)17-24/h4-6,8,10,14-15,17,23,29H,7,9,11-13,16,18H2,1-3H3,(H,36,37)/t23-,29-/m1/s1. The molecular formula is C33H34FNO6S. The highest BCUT2D eigenvalue weighted by molar-refractivity contribution is 7.88. The highest BCUT2D eigenvalue weighted by Crippen LogP contribution is 2.45. The van der Waals surface area contributed by atoms with Crippen LogP contribution in [0, 0.1) is 19.7 Å². The van der Waals surface area contributed by atoms with Crippen LogP contribution in [0.5, 0.6) is 11.5 Å². The van der Waals surface area contributed by atoms with E-state index in [9.17, 15) is 13.2 Å². The number of nitrogens with zero attached hydrogens (tertiary/aromatic N) is 1. The Balaban J connectivity index is 1.27. The third-order valence-corrected chi connectivity index (χ3v) is 9.93. The first-order valence-corrected chi connectivity index (χ1v) is 16.1. The van der Waals surface area contributed by atoms with Gasteiger partial charge in [-0.15, -0.1) is 0 Å². The van der Waals surface area contributed by atoms with E-state index in [1.165, 1.54) is 16.6 Å². The molecule has 3 aromatic carbocycles. The van der Waals surface area contributed by atoms with E-state index in [1.54, 1.807) is 6.07 Å². The van der Waals surface area contributed by atoms with Crippen molar-refractivity contribution in [3.05, 3.63) is 87.7 Å². The Kier molecular flexibility index (Phi) is 7.35. The number of rotatable bonds is 7. The zero-order valence-corrected chi connectivity index (χ0v) is 24.8. The summed E-state index contributed by atoms with van der Waals surface area (Å²) in [5.41, 5.74) is 8.88. The normalized spacial score (nSPS) is 20.0. The van der Waals surface area contributed by atoms with Crippen molar-refractivity contribution in [2.75, 3.05) is 26.0 Å². The van der Waals surface area contributed by atoms with Crippen molar-refractivity contribution in [1.29, 1.82) is 0 Å². The van der Waals surface area contributed by atoms with E-state index in [1.807, 2.05) is 24.3 Å². The number of carbonyl (C=O) groups is 1. The summed E-state index contributed by atoms with van der Waals surface area (Å²) in [6, 6.07) is 13.1. The molecule has 1 N–H and O–H groups in total.